The summed E-state index contributed by atoms with van der Waals surface area (Å²) in [6.45, 7) is 10.5. The van der Waals surface area contributed by atoms with Gasteiger partial charge in [0, 0.05) is 18.4 Å². The molecule has 0 saturated carbocycles. The Balaban J connectivity index is 2.45. The van der Waals surface area contributed by atoms with Gasteiger partial charge >= 0.3 is 0 Å². The first-order valence-corrected chi connectivity index (χ1v) is 7.18. The van der Waals surface area contributed by atoms with Crippen LogP contribution in [0.15, 0.2) is 0 Å². The standard InChI is InChI=1S/C15H25NO2/c1-6-15-7-11(17)13(9(2)3)16(15)14(10(4)5)12(18)8-15/h9-10,13-14H,6-8H2,1-5H3. The van der Waals surface area contributed by atoms with Crippen LogP contribution >= 0.6 is 0 Å². The number of rotatable bonds is 3. The highest BCUT2D eigenvalue weighted by molar-refractivity contribution is 5.96. The van der Waals surface area contributed by atoms with Crippen LogP contribution < -0.4 is 0 Å². The van der Waals surface area contributed by atoms with Crippen molar-refractivity contribution in [2.45, 2.75) is 71.5 Å². The van der Waals surface area contributed by atoms with Crippen LogP contribution in [0.5, 0.6) is 0 Å². The third-order valence-corrected chi connectivity index (χ3v) is 4.73. The van der Waals surface area contributed by atoms with E-state index in [1.54, 1.807) is 0 Å². The van der Waals surface area contributed by atoms with Gasteiger partial charge in [0.15, 0.2) is 11.6 Å². The van der Waals surface area contributed by atoms with Gasteiger partial charge in [0.05, 0.1) is 12.1 Å². The summed E-state index contributed by atoms with van der Waals surface area (Å²) in [7, 11) is 0. The molecule has 2 rings (SSSR count). The number of carbonyl (C=O) groups excluding carboxylic acids is 2. The Hall–Kier alpha value is -0.700. The molecule has 0 aromatic carbocycles. The van der Waals surface area contributed by atoms with E-state index in [0.29, 0.717) is 24.4 Å². The van der Waals surface area contributed by atoms with Gasteiger partial charge in [0.1, 0.15) is 0 Å². The van der Waals surface area contributed by atoms with Crippen LogP contribution in [-0.2, 0) is 9.59 Å². The van der Waals surface area contributed by atoms with E-state index in [2.05, 4.69) is 39.5 Å². The molecule has 2 saturated heterocycles. The van der Waals surface area contributed by atoms with Crippen LogP contribution in [0.4, 0.5) is 0 Å². The van der Waals surface area contributed by atoms with Crippen molar-refractivity contribution in [3.8, 4) is 0 Å². The number of ketones is 2. The molecular weight excluding hydrogens is 226 g/mol. The van der Waals surface area contributed by atoms with Gasteiger partial charge in [-0.05, 0) is 18.3 Å². The van der Waals surface area contributed by atoms with E-state index in [0.717, 1.165) is 6.42 Å². The maximum Gasteiger partial charge on any atom is 0.152 e. The second-order valence-corrected chi connectivity index (χ2v) is 6.65. The van der Waals surface area contributed by atoms with Crippen molar-refractivity contribution in [2.75, 3.05) is 0 Å². The minimum atomic E-state index is -0.169. The average Bonchev–Trinajstić information content (AvgIpc) is 2.65. The van der Waals surface area contributed by atoms with Crippen molar-refractivity contribution >= 4 is 11.6 Å². The van der Waals surface area contributed by atoms with E-state index in [1.807, 2.05) is 0 Å². The van der Waals surface area contributed by atoms with Crippen LogP contribution in [-0.4, -0.2) is 34.1 Å². The Morgan fingerprint density at radius 1 is 1.06 bits per heavy atom. The molecular formula is C15H25NO2. The van der Waals surface area contributed by atoms with Gasteiger partial charge in [-0.3, -0.25) is 14.5 Å². The van der Waals surface area contributed by atoms with E-state index in [-0.39, 0.29) is 29.5 Å². The number of fused-ring (bicyclic) bond motifs is 1. The SMILES string of the molecule is CCC12CC(=O)C(C(C)C)N1C(C(C)C)C(=O)C2. The van der Waals surface area contributed by atoms with E-state index >= 15 is 0 Å². The number of hydrogen-bond acceptors (Lipinski definition) is 3. The molecule has 3 nitrogen and oxygen atoms in total. The molecule has 2 fully saturated rings. The first kappa shape index (κ1) is 13.7. The molecule has 2 unspecified atom stereocenters. The lowest BCUT2D eigenvalue weighted by molar-refractivity contribution is -0.125. The summed E-state index contributed by atoms with van der Waals surface area (Å²) in [5, 5.41) is 0. The first-order valence-electron chi connectivity index (χ1n) is 7.18. The molecule has 102 valence electrons. The number of carbonyl (C=O) groups is 2. The number of hydrogen-bond donors (Lipinski definition) is 0. The van der Waals surface area contributed by atoms with Crippen LogP contribution in [0.2, 0.25) is 0 Å². The molecule has 18 heavy (non-hydrogen) atoms. The topological polar surface area (TPSA) is 37.4 Å². The van der Waals surface area contributed by atoms with Crippen molar-refractivity contribution in [2.24, 2.45) is 11.8 Å². The molecule has 2 aliphatic rings. The highest BCUT2D eigenvalue weighted by atomic mass is 16.1. The lowest BCUT2D eigenvalue weighted by Crippen LogP contribution is -2.51. The molecule has 0 radical (unpaired) electrons. The molecule has 2 atom stereocenters. The largest absolute Gasteiger partial charge is 0.298 e. The summed E-state index contributed by atoms with van der Waals surface area (Å²) in [5.41, 5.74) is -0.169. The maximum absolute atomic E-state index is 12.3. The first-order chi connectivity index (χ1) is 8.34. The molecule has 0 aliphatic carbocycles. The zero-order valence-electron chi connectivity index (χ0n) is 12.2. The minimum Gasteiger partial charge on any atom is -0.298 e. The van der Waals surface area contributed by atoms with Gasteiger partial charge in [-0.15, -0.1) is 0 Å². The molecule has 2 heterocycles. The summed E-state index contributed by atoms with van der Waals surface area (Å²) in [5.74, 6) is 1.26. The Labute approximate surface area is 110 Å². The summed E-state index contributed by atoms with van der Waals surface area (Å²) >= 11 is 0. The zero-order chi connectivity index (χ0) is 13.7. The van der Waals surface area contributed by atoms with E-state index in [1.165, 1.54) is 0 Å². The smallest absolute Gasteiger partial charge is 0.152 e. The van der Waals surface area contributed by atoms with Crippen molar-refractivity contribution in [1.82, 2.24) is 4.90 Å². The Bertz CT molecular complexity index is 343. The van der Waals surface area contributed by atoms with Gasteiger partial charge < -0.3 is 0 Å². The minimum absolute atomic E-state index is 0.0520. The highest BCUT2D eigenvalue weighted by Gasteiger charge is 2.60. The molecule has 0 spiro atoms. The fraction of sp³-hybridized carbons (Fsp3) is 0.867. The fourth-order valence-corrected chi connectivity index (χ4v) is 3.99. The second kappa shape index (κ2) is 4.44. The van der Waals surface area contributed by atoms with Crippen molar-refractivity contribution in [3.63, 3.8) is 0 Å². The van der Waals surface area contributed by atoms with Crippen molar-refractivity contribution in [3.05, 3.63) is 0 Å². The molecule has 2 aliphatic heterocycles. The van der Waals surface area contributed by atoms with Gasteiger partial charge in [-0.25, -0.2) is 0 Å². The molecule has 3 heteroatoms. The average molecular weight is 251 g/mol. The van der Waals surface area contributed by atoms with Crippen molar-refractivity contribution in [1.29, 1.82) is 0 Å². The molecule has 0 N–H and O–H groups in total. The fourth-order valence-electron chi connectivity index (χ4n) is 3.99. The predicted molar refractivity (Wildman–Crippen MR) is 71.4 cm³/mol. The second-order valence-electron chi connectivity index (χ2n) is 6.65. The van der Waals surface area contributed by atoms with E-state index in [9.17, 15) is 9.59 Å². The van der Waals surface area contributed by atoms with E-state index < -0.39 is 0 Å². The van der Waals surface area contributed by atoms with Gasteiger partial charge in [0.2, 0.25) is 0 Å². The van der Waals surface area contributed by atoms with Crippen LogP contribution in [0.1, 0.15) is 53.9 Å². The van der Waals surface area contributed by atoms with Gasteiger partial charge in [0.25, 0.3) is 0 Å². The monoisotopic (exact) mass is 251 g/mol. The lowest BCUT2D eigenvalue weighted by atomic mass is 9.89. The van der Waals surface area contributed by atoms with Crippen LogP contribution in [0.3, 0.4) is 0 Å². The third kappa shape index (κ3) is 1.75. The summed E-state index contributed by atoms with van der Waals surface area (Å²) in [6.07, 6.45) is 2.04. The zero-order valence-corrected chi connectivity index (χ0v) is 12.2. The Morgan fingerprint density at radius 2 is 1.44 bits per heavy atom. The summed E-state index contributed by atoms with van der Waals surface area (Å²) in [6, 6.07) is -0.104. The summed E-state index contributed by atoms with van der Waals surface area (Å²) in [4.78, 5) is 26.9. The molecule has 0 bridgehead atoms. The lowest BCUT2D eigenvalue weighted by Gasteiger charge is -2.38. The summed E-state index contributed by atoms with van der Waals surface area (Å²) < 4.78 is 0. The Morgan fingerprint density at radius 3 is 1.72 bits per heavy atom. The van der Waals surface area contributed by atoms with Gasteiger partial charge in [-0.2, -0.15) is 0 Å². The predicted octanol–water partition coefficient (Wildman–Crippen LogP) is 2.43. The van der Waals surface area contributed by atoms with E-state index in [4.69, 9.17) is 0 Å². The molecule has 0 aromatic heterocycles. The molecule has 0 amide bonds. The normalized spacial score (nSPS) is 37.1. The number of Topliss-reactive ketones (excluding diaryl/α,β-unsaturated/α-hetero) is 2. The Kier molecular flexibility index (Phi) is 3.39. The quantitative estimate of drug-likeness (QED) is 0.773. The van der Waals surface area contributed by atoms with Crippen LogP contribution in [0, 0.1) is 11.8 Å². The number of nitrogens with zero attached hydrogens (tertiary/aromatic N) is 1. The van der Waals surface area contributed by atoms with Crippen LogP contribution in [0.25, 0.3) is 0 Å². The third-order valence-electron chi connectivity index (χ3n) is 4.73. The van der Waals surface area contributed by atoms with Crippen molar-refractivity contribution < 1.29 is 9.59 Å². The van der Waals surface area contributed by atoms with Gasteiger partial charge in [-0.1, -0.05) is 34.6 Å². The maximum atomic E-state index is 12.3. The molecule has 0 aromatic rings. The highest BCUT2D eigenvalue weighted by Crippen LogP contribution is 2.47.